The molecule has 0 aromatic rings. The number of hydrogen-bond donors (Lipinski definition) is 1. The maximum Gasteiger partial charge on any atom is 0.335 e. The summed E-state index contributed by atoms with van der Waals surface area (Å²) >= 11 is 0. The van der Waals surface area contributed by atoms with Crippen molar-refractivity contribution < 1.29 is 9.90 Å². The molecule has 1 atom stereocenters. The molecule has 15 heavy (non-hydrogen) atoms. The molecule has 1 aliphatic carbocycles. The van der Waals surface area contributed by atoms with Crippen LogP contribution in [0.4, 0.5) is 0 Å². The lowest BCUT2D eigenvalue weighted by Crippen LogP contribution is -2.23. The van der Waals surface area contributed by atoms with E-state index in [1.165, 1.54) is 0 Å². The molecule has 1 rings (SSSR count). The fourth-order valence-electron chi connectivity index (χ4n) is 1.59. The molecule has 0 aromatic carbocycles. The minimum atomic E-state index is -0.832. The molecule has 0 saturated heterocycles. The molecule has 1 aliphatic rings. The number of carboxylic acid groups (broad SMARTS) is 1. The van der Waals surface area contributed by atoms with E-state index in [1.54, 1.807) is 6.08 Å². The molecule has 3 heteroatoms. The van der Waals surface area contributed by atoms with Crippen molar-refractivity contribution in [2.45, 2.75) is 19.8 Å². The zero-order valence-electron chi connectivity index (χ0n) is 9.66. The first kappa shape index (κ1) is 12.0. The Kier molecular flexibility index (Phi) is 3.69. The van der Waals surface area contributed by atoms with Crippen molar-refractivity contribution in [3.05, 3.63) is 23.8 Å². The number of carboxylic acids is 1. The van der Waals surface area contributed by atoms with Gasteiger partial charge in [0, 0.05) is 0 Å². The van der Waals surface area contributed by atoms with E-state index in [0.717, 1.165) is 19.4 Å². The summed E-state index contributed by atoms with van der Waals surface area (Å²) in [6.07, 6.45) is 7.44. The summed E-state index contributed by atoms with van der Waals surface area (Å²) in [4.78, 5) is 12.9. The molecule has 0 spiro atoms. The molecule has 0 aromatic heterocycles. The zero-order chi connectivity index (χ0) is 11.5. The van der Waals surface area contributed by atoms with E-state index >= 15 is 0 Å². The smallest absolute Gasteiger partial charge is 0.335 e. The van der Waals surface area contributed by atoms with Gasteiger partial charge in [-0.05, 0) is 38.9 Å². The third kappa shape index (κ3) is 3.51. The maximum atomic E-state index is 10.7. The number of rotatable bonds is 4. The van der Waals surface area contributed by atoms with Crippen LogP contribution >= 0.6 is 0 Å². The van der Waals surface area contributed by atoms with Crippen LogP contribution in [0.25, 0.3) is 0 Å². The summed E-state index contributed by atoms with van der Waals surface area (Å²) in [5.74, 6) is -0.832. The van der Waals surface area contributed by atoms with Crippen molar-refractivity contribution in [3.8, 4) is 0 Å². The standard InChI is InChI=1S/C12H19NO2/c1-12(8-9-13(2)3)6-4-10(5-7-12)11(14)15/h4-6H,7-9H2,1-3H3,(H,14,15). The van der Waals surface area contributed by atoms with Crippen LogP contribution < -0.4 is 0 Å². The highest BCUT2D eigenvalue weighted by Gasteiger charge is 2.23. The van der Waals surface area contributed by atoms with Gasteiger partial charge in [0.2, 0.25) is 0 Å². The fourth-order valence-corrected chi connectivity index (χ4v) is 1.59. The molecule has 0 radical (unpaired) electrons. The normalized spacial score (nSPS) is 25.5. The molecule has 0 amide bonds. The van der Waals surface area contributed by atoms with Crippen LogP contribution in [0.5, 0.6) is 0 Å². The minimum Gasteiger partial charge on any atom is -0.478 e. The summed E-state index contributed by atoms with van der Waals surface area (Å²) in [6, 6.07) is 0. The first-order valence-electron chi connectivity index (χ1n) is 5.20. The van der Waals surface area contributed by atoms with Gasteiger partial charge in [-0.25, -0.2) is 4.79 Å². The van der Waals surface area contributed by atoms with Gasteiger partial charge in [-0.3, -0.25) is 0 Å². The summed E-state index contributed by atoms with van der Waals surface area (Å²) in [7, 11) is 4.10. The third-order valence-corrected chi connectivity index (χ3v) is 2.83. The van der Waals surface area contributed by atoms with E-state index in [1.807, 2.05) is 12.2 Å². The maximum absolute atomic E-state index is 10.7. The van der Waals surface area contributed by atoms with Gasteiger partial charge in [-0.2, -0.15) is 0 Å². The van der Waals surface area contributed by atoms with Crippen molar-refractivity contribution in [2.75, 3.05) is 20.6 Å². The molecule has 0 saturated carbocycles. The Morgan fingerprint density at radius 2 is 2.27 bits per heavy atom. The Bertz CT molecular complexity index is 305. The van der Waals surface area contributed by atoms with E-state index < -0.39 is 5.97 Å². The second-order valence-corrected chi connectivity index (χ2v) is 4.71. The van der Waals surface area contributed by atoms with Crippen LogP contribution in [-0.2, 0) is 4.79 Å². The lowest BCUT2D eigenvalue weighted by atomic mass is 9.79. The summed E-state index contributed by atoms with van der Waals surface area (Å²) in [6.45, 7) is 3.19. The third-order valence-electron chi connectivity index (χ3n) is 2.83. The van der Waals surface area contributed by atoms with Gasteiger partial charge in [0.15, 0.2) is 0 Å². The lowest BCUT2D eigenvalue weighted by molar-refractivity contribution is -0.132. The van der Waals surface area contributed by atoms with E-state index in [0.29, 0.717) is 5.57 Å². The predicted octanol–water partition coefficient (Wildman–Crippen LogP) is 1.92. The second kappa shape index (κ2) is 4.62. The van der Waals surface area contributed by atoms with Crippen molar-refractivity contribution in [2.24, 2.45) is 5.41 Å². The van der Waals surface area contributed by atoms with Gasteiger partial charge in [0.25, 0.3) is 0 Å². The largest absolute Gasteiger partial charge is 0.478 e. The first-order valence-corrected chi connectivity index (χ1v) is 5.20. The van der Waals surface area contributed by atoms with Crippen LogP contribution in [0.15, 0.2) is 23.8 Å². The van der Waals surface area contributed by atoms with E-state index in [9.17, 15) is 4.79 Å². The van der Waals surface area contributed by atoms with E-state index in [4.69, 9.17) is 5.11 Å². The molecule has 3 nitrogen and oxygen atoms in total. The molecule has 0 fully saturated rings. The van der Waals surface area contributed by atoms with E-state index in [-0.39, 0.29) is 5.41 Å². The van der Waals surface area contributed by atoms with Gasteiger partial charge in [-0.1, -0.05) is 25.2 Å². The molecule has 0 bridgehead atoms. The van der Waals surface area contributed by atoms with Gasteiger partial charge in [0.05, 0.1) is 5.57 Å². The number of aliphatic carboxylic acids is 1. The first-order chi connectivity index (χ1) is 6.93. The topological polar surface area (TPSA) is 40.5 Å². The predicted molar refractivity (Wildman–Crippen MR) is 60.8 cm³/mol. The SMILES string of the molecule is CN(C)CCC1(C)C=CC(C(=O)O)=CC1. The van der Waals surface area contributed by atoms with Gasteiger partial charge in [0.1, 0.15) is 0 Å². The van der Waals surface area contributed by atoms with Crippen molar-refractivity contribution in [1.29, 1.82) is 0 Å². The zero-order valence-corrected chi connectivity index (χ0v) is 9.66. The molecule has 84 valence electrons. The highest BCUT2D eigenvalue weighted by molar-refractivity contribution is 5.90. The Labute approximate surface area is 91.1 Å². The quantitative estimate of drug-likeness (QED) is 0.769. The van der Waals surface area contributed by atoms with Crippen LogP contribution in [-0.4, -0.2) is 36.6 Å². The van der Waals surface area contributed by atoms with Crippen LogP contribution in [0.3, 0.4) is 0 Å². The highest BCUT2D eigenvalue weighted by atomic mass is 16.4. The van der Waals surface area contributed by atoms with Gasteiger partial charge in [-0.15, -0.1) is 0 Å². The monoisotopic (exact) mass is 209 g/mol. The van der Waals surface area contributed by atoms with Crippen molar-refractivity contribution >= 4 is 5.97 Å². The molecular weight excluding hydrogens is 190 g/mol. The van der Waals surface area contributed by atoms with Crippen LogP contribution in [0, 0.1) is 5.41 Å². The minimum absolute atomic E-state index is 0.114. The van der Waals surface area contributed by atoms with Crippen LogP contribution in [0.1, 0.15) is 19.8 Å². The number of hydrogen-bond acceptors (Lipinski definition) is 2. The molecule has 1 N–H and O–H groups in total. The van der Waals surface area contributed by atoms with Crippen LogP contribution in [0.2, 0.25) is 0 Å². The number of allylic oxidation sites excluding steroid dienone is 2. The molecule has 1 unspecified atom stereocenters. The average Bonchev–Trinajstić information content (AvgIpc) is 2.16. The van der Waals surface area contributed by atoms with Crippen molar-refractivity contribution in [3.63, 3.8) is 0 Å². The molecular formula is C12H19NO2. The second-order valence-electron chi connectivity index (χ2n) is 4.71. The fraction of sp³-hybridized carbons (Fsp3) is 0.583. The average molecular weight is 209 g/mol. The van der Waals surface area contributed by atoms with Crippen molar-refractivity contribution in [1.82, 2.24) is 4.90 Å². The van der Waals surface area contributed by atoms with Gasteiger partial charge < -0.3 is 10.0 Å². The number of nitrogens with zero attached hydrogens (tertiary/aromatic N) is 1. The highest BCUT2D eigenvalue weighted by Crippen LogP contribution is 2.32. The van der Waals surface area contributed by atoms with Gasteiger partial charge >= 0.3 is 5.97 Å². The number of carbonyl (C=O) groups is 1. The summed E-state index contributed by atoms with van der Waals surface area (Å²) in [5.41, 5.74) is 0.528. The summed E-state index contributed by atoms with van der Waals surface area (Å²) < 4.78 is 0. The Balaban J connectivity index is 2.56. The summed E-state index contributed by atoms with van der Waals surface area (Å²) in [5, 5.41) is 8.80. The molecule has 0 aliphatic heterocycles. The Morgan fingerprint density at radius 1 is 1.60 bits per heavy atom. The molecule has 0 heterocycles. The van der Waals surface area contributed by atoms with E-state index in [2.05, 4.69) is 25.9 Å². The Morgan fingerprint density at radius 3 is 2.67 bits per heavy atom. The lowest BCUT2D eigenvalue weighted by Gasteiger charge is -2.28. The Hall–Kier alpha value is -1.09.